The molecule has 0 aromatic heterocycles. The lowest BCUT2D eigenvalue weighted by Crippen LogP contribution is -2.45. The molecule has 1 saturated heterocycles. The highest BCUT2D eigenvalue weighted by molar-refractivity contribution is 5.36. The summed E-state index contributed by atoms with van der Waals surface area (Å²) in [6, 6.07) is 0.859. The highest BCUT2D eigenvalue weighted by Crippen LogP contribution is 2.31. The molecule has 3 unspecified atom stereocenters. The fraction of sp³-hybridized carbons (Fsp3) is 0.667. The van der Waals surface area contributed by atoms with Gasteiger partial charge in [-0.05, 0) is 32.3 Å². The van der Waals surface area contributed by atoms with Crippen LogP contribution in [-0.4, -0.2) is 42.8 Å². The summed E-state index contributed by atoms with van der Waals surface area (Å²) in [7, 11) is 0. The van der Waals surface area contributed by atoms with Crippen LogP contribution in [0.5, 0.6) is 0 Å². The van der Waals surface area contributed by atoms with Crippen molar-refractivity contribution < 1.29 is 4.74 Å². The molecule has 3 nitrogen and oxygen atoms in total. The Labute approximate surface area is 129 Å². The summed E-state index contributed by atoms with van der Waals surface area (Å²) in [5.41, 5.74) is 8.92. The van der Waals surface area contributed by atoms with Crippen LogP contribution in [0.4, 0.5) is 0 Å². The van der Waals surface area contributed by atoms with Gasteiger partial charge in [0.05, 0.1) is 12.7 Å². The predicted molar refractivity (Wildman–Crippen MR) is 89.2 cm³/mol. The van der Waals surface area contributed by atoms with Crippen LogP contribution in [0, 0.1) is 5.92 Å². The normalized spacial score (nSPS) is 29.7. The van der Waals surface area contributed by atoms with E-state index in [1.165, 1.54) is 11.1 Å². The average Bonchev–Trinajstić information content (AvgIpc) is 2.49. The minimum atomic E-state index is 0.175. The molecule has 0 aromatic carbocycles. The minimum Gasteiger partial charge on any atom is -0.369 e. The molecule has 1 fully saturated rings. The fourth-order valence-corrected chi connectivity index (χ4v) is 3.36. The van der Waals surface area contributed by atoms with Crippen LogP contribution in [0.3, 0.4) is 0 Å². The molecular weight excluding hydrogens is 260 g/mol. The molecule has 2 N–H and O–H groups in total. The molecule has 0 saturated carbocycles. The third kappa shape index (κ3) is 3.85. The molecule has 21 heavy (non-hydrogen) atoms. The van der Waals surface area contributed by atoms with Gasteiger partial charge in [0.15, 0.2) is 0 Å². The van der Waals surface area contributed by atoms with E-state index in [0.717, 1.165) is 25.9 Å². The summed E-state index contributed by atoms with van der Waals surface area (Å²) in [6.45, 7) is 13.4. The molecule has 3 atom stereocenters. The number of nitrogens with two attached hydrogens (primary N) is 1. The van der Waals surface area contributed by atoms with E-state index in [1.54, 1.807) is 0 Å². The highest BCUT2D eigenvalue weighted by atomic mass is 16.5. The molecule has 0 spiro atoms. The number of nitrogens with zero attached hydrogens (tertiary/aromatic N) is 1. The van der Waals surface area contributed by atoms with Crippen molar-refractivity contribution in [1.29, 1.82) is 0 Å². The predicted octanol–water partition coefficient (Wildman–Crippen LogP) is 2.89. The summed E-state index contributed by atoms with van der Waals surface area (Å²) in [4.78, 5) is 2.56. The van der Waals surface area contributed by atoms with Crippen LogP contribution >= 0.6 is 0 Å². The second kappa shape index (κ2) is 7.39. The Morgan fingerprint density at radius 3 is 2.76 bits per heavy atom. The Balaban J connectivity index is 2.04. The van der Waals surface area contributed by atoms with Crippen LogP contribution in [0.2, 0.25) is 0 Å². The van der Waals surface area contributed by atoms with Crippen molar-refractivity contribution in [3.8, 4) is 0 Å². The summed E-state index contributed by atoms with van der Waals surface area (Å²) in [5.74, 6) is 0.430. The van der Waals surface area contributed by atoms with E-state index in [2.05, 4.69) is 44.4 Å². The minimum absolute atomic E-state index is 0.175. The molecule has 3 heteroatoms. The number of likely N-dealkylation sites (tertiary alicyclic amines) is 1. The summed E-state index contributed by atoms with van der Waals surface area (Å²) in [5, 5.41) is 0. The van der Waals surface area contributed by atoms with Crippen molar-refractivity contribution >= 4 is 0 Å². The maximum atomic E-state index is 6.01. The van der Waals surface area contributed by atoms with E-state index in [4.69, 9.17) is 10.5 Å². The molecule has 0 bridgehead atoms. The van der Waals surface area contributed by atoms with Crippen molar-refractivity contribution in [3.05, 3.63) is 36.0 Å². The van der Waals surface area contributed by atoms with Crippen molar-refractivity contribution in [1.82, 2.24) is 4.90 Å². The second-order valence-electron chi connectivity index (χ2n) is 6.42. The summed E-state index contributed by atoms with van der Waals surface area (Å²) < 4.78 is 5.83. The molecule has 1 heterocycles. The number of ether oxygens (including phenoxy) is 1. The molecule has 2 aliphatic rings. The van der Waals surface area contributed by atoms with Crippen LogP contribution in [0.1, 0.15) is 33.6 Å². The van der Waals surface area contributed by atoms with Gasteiger partial charge in [0, 0.05) is 31.1 Å². The van der Waals surface area contributed by atoms with Crippen LogP contribution in [0.25, 0.3) is 0 Å². The first-order valence-corrected chi connectivity index (χ1v) is 8.15. The molecule has 1 aliphatic heterocycles. The van der Waals surface area contributed by atoms with Crippen LogP contribution < -0.4 is 5.73 Å². The maximum Gasteiger partial charge on any atom is 0.0825 e. The zero-order chi connectivity index (χ0) is 15.4. The monoisotopic (exact) mass is 290 g/mol. The quantitative estimate of drug-likeness (QED) is 0.791. The van der Waals surface area contributed by atoms with E-state index in [0.29, 0.717) is 24.6 Å². The van der Waals surface area contributed by atoms with E-state index in [9.17, 15) is 0 Å². The standard InChI is InChI=1S/C18H30N2O/c1-5-12-21-18-7-6-17(13(2)14(18)3)15(4)20-10-8-16(19)9-11-20/h5-7,14-16,18H,1,8-12,19H2,2-4H3. The molecule has 118 valence electrons. The number of rotatable bonds is 5. The van der Waals surface area contributed by atoms with E-state index in [1.807, 2.05) is 6.08 Å². The first-order chi connectivity index (χ1) is 10.0. The molecule has 2 rings (SSSR count). The third-order valence-electron chi connectivity index (χ3n) is 5.08. The van der Waals surface area contributed by atoms with Gasteiger partial charge in [-0.2, -0.15) is 0 Å². The molecule has 0 aromatic rings. The lowest BCUT2D eigenvalue weighted by atomic mass is 9.84. The number of hydrogen-bond donors (Lipinski definition) is 1. The van der Waals surface area contributed by atoms with Gasteiger partial charge in [0.1, 0.15) is 0 Å². The summed E-state index contributed by atoms with van der Waals surface area (Å²) >= 11 is 0. The molecule has 1 aliphatic carbocycles. The zero-order valence-corrected chi connectivity index (χ0v) is 13.7. The molecule has 0 radical (unpaired) electrons. The Hall–Kier alpha value is -0.900. The van der Waals surface area contributed by atoms with E-state index < -0.39 is 0 Å². The largest absolute Gasteiger partial charge is 0.369 e. The topological polar surface area (TPSA) is 38.5 Å². The van der Waals surface area contributed by atoms with Gasteiger partial charge in [-0.1, -0.05) is 30.7 Å². The van der Waals surface area contributed by atoms with Crippen molar-refractivity contribution in [2.75, 3.05) is 19.7 Å². The van der Waals surface area contributed by atoms with Crippen LogP contribution in [-0.2, 0) is 4.74 Å². The van der Waals surface area contributed by atoms with Crippen molar-refractivity contribution in [3.63, 3.8) is 0 Å². The Bertz CT molecular complexity index is 419. The first-order valence-electron chi connectivity index (χ1n) is 8.15. The maximum absolute atomic E-state index is 6.01. The summed E-state index contributed by atoms with van der Waals surface area (Å²) in [6.07, 6.45) is 8.69. The Morgan fingerprint density at radius 1 is 1.48 bits per heavy atom. The lowest BCUT2D eigenvalue weighted by molar-refractivity contribution is 0.0782. The zero-order valence-electron chi connectivity index (χ0n) is 13.7. The van der Waals surface area contributed by atoms with Gasteiger partial charge in [-0.15, -0.1) is 6.58 Å². The molecule has 0 amide bonds. The van der Waals surface area contributed by atoms with Crippen LogP contribution in [0.15, 0.2) is 36.0 Å². The van der Waals surface area contributed by atoms with E-state index in [-0.39, 0.29) is 6.10 Å². The number of hydrogen-bond acceptors (Lipinski definition) is 3. The second-order valence-corrected chi connectivity index (χ2v) is 6.42. The van der Waals surface area contributed by atoms with Gasteiger partial charge in [0.2, 0.25) is 0 Å². The van der Waals surface area contributed by atoms with Gasteiger partial charge in [-0.3, -0.25) is 4.90 Å². The third-order valence-corrected chi connectivity index (χ3v) is 5.08. The van der Waals surface area contributed by atoms with Gasteiger partial charge in [0.25, 0.3) is 0 Å². The number of piperidine rings is 1. The smallest absolute Gasteiger partial charge is 0.0825 e. The highest BCUT2D eigenvalue weighted by Gasteiger charge is 2.28. The van der Waals surface area contributed by atoms with Crippen molar-refractivity contribution in [2.24, 2.45) is 11.7 Å². The fourth-order valence-electron chi connectivity index (χ4n) is 3.36. The van der Waals surface area contributed by atoms with Gasteiger partial charge < -0.3 is 10.5 Å². The lowest BCUT2D eigenvalue weighted by Gasteiger charge is -2.38. The van der Waals surface area contributed by atoms with Gasteiger partial charge in [-0.25, -0.2) is 0 Å². The molecular formula is C18H30N2O. The van der Waals surface area contributed by atoms with Crippen molar-refractivity contribution in [2.45, 2.75) is 51.8 Å². The van der Waals surface area contributed by atoms with E-state index >= 15 is 0 Å². The average molecular weight is 290 g/mol. The Kier molecular flexibility index (Phi) is 5.80. The first kappa shape index (κ1) is 16.5. The Morgan fingerprint density at radius 2 is 2.14 bits per heavy atom. The SMILES string of the molecule is C=CCOC1C=CC(C(C)N2CCC(N)CC2)=C(C)C1C. The van der Waals surface area contributed by atoms with Gasteiger partial charge >= 0.3 is 0 Å².